The van der Waals surface area contributed by atoms with Gasteiger partial charge in [-0.2, -0.15) is 14.6 Å². The molecule has 130 valence electrons. The lowest BCUT2D eigenvalue weighted by atomic mass is 9.58. The summed E-state index contributed by atoms with van der Waals surface area (Å²) < 4.78 is 7.70. The summed E-state index contributed by atoms with van der Waals surface area (Å²) in [6, 6.07) is 0. The van der Waals surface area contributed by atoms with Crippen molar-refractivity contribution in [1.29, 1.82) is 0 Å². The second kappa shape index (κ2) is 5.67. The van der Waals surface area contributed by atoms with Crippen molar-refractivity contribution in [3.63, 3.8) is 0 Å². The fourth-order valence-corrected chi connectivity index (χ4v) is 4.34. The maximum Gasteiger partial charge on any atom is 0.254 e. The van der Waals surface area contributed by atoms with Crippen molar-refractivity contribution >= 4 is 11.6 Å². The molecule has 2 aromatic heterocycles. The molecule has 1 N–H and O–H groups in total. The minimum absolute atomic E-state index is 0.0655. The summed E-state index contributed by atoms with van der Waals surface area (Å²) in [7, 11) is 0. The van der Waals surface area contributed by atoms with E-state index in [1.807, 2.05) is 18.4 Å². The molecule has 2 aliphatic rings. The maximum atomic E-state index is 10.4. The van der Waals surface area contributed by atoms with E-state index in [9.17, 15) is 5.11 Å². The number of aryl methyl sites for hydroxylation is 1. The van der Waals surface area contributed by atoms with Crippen molar-refractivity contribution in [1.82, 2.24) is 19.6 Å². The molecule has 2 unspecified atom stereocenters. The Hall–Kier alpha value is -1.73. The molecule has 1 spiro atoms. The monoisotopic (exact) mass is 331 g/mol. The SMILES string of the molecule is CCOC1CC(O)C12CCN(c1c(C)c(C)nc3ncnn13)CC2. The molecular formula is C17H25N5O2. The largest absolute Gasteiger partial charge is 0.392 e. The zero-order valence-electron chi connectivity index (χ0n) is 14.6. The lowest BCUT2D eigenvalue weighted by Crippen LogP contribution is -2.62. The Morgan fingerprint density at radius 1 is 1.33 bits per heavy atom. The Morgan fingerprint density at radius 2 is 2.08 bits per heavy atom. The van der Waals surface area contributed by atoms with Gasteiger partial charge in [0.2, 0.25) is 0 Å². The Kier molecular flexibility index (Phi) is 3.73. The summed E-state index contributed by atoms with van der Waals surface area (Å²) in [6.07, 6.45) is 4.17. The van der Waals surface area contributed by atoms with E-state index in [0.29, 0.717) is 12.4 Å². The third kappa shape index (κ3) is 2.14. The number of hydrogen-bond acceptors (Lipinski definition) is 6. The quantitative estimate of drug-likeness (QED) is 0.918. The van der Waals surface area contributed by atoms with Crippen LogP contribution < -0.4 is 4.90 Å². The van der Waals surface area contributed by atoms with Gasteiger partial charge >= 0.3 is 0 Å². The lowest BCUT2D eigenvalue weighted by molar-refractivity contribution is -0.199. The second-order valence-corrected chi connectivity index (χ2v) is 7.03. The standard InChI is InChI=1S/C17H25N5O2/c1-4-24-14-9-13(23)17(14)5-7-21(8-6-17)15-11(2)12(3)20-16-18-10-19-22(15)16/h10,13-14,23H,4-9H2,1-3H3. The van der Waals surface area contributed by atoms with Crippen LogP contribution in [-0.2, 0) is 4.74 Å². The van der Waals surface area contributed by atoms with Gasteiger partial charge in [-0.05, 0) is 33.6 Å². The molecule has 0 amide bonds. The van der Waals surface area contributed by atoms with Crippen molar-refractivity contribution < 1.29 is 9.84 Å². The van der Waals surface area contributed by atoms with Crippen LogP contribution in [0, 0.1) is 19.3 Å². The average molecular weight is 331 g/mol. The Balaban J connectivity index is 1.61. The van der Waals surface area contributed by atoms with Crippen LogP contribution in [0.25, 0.3) is 5.78 Å². The number of aromatic nitrogens is 4. The molecule has 2 aromatic rings. The molecule has 1 aliphatic carbocycles. The van der Waals surface area contributed by atoms with E-state index in [-0.39, 0.29) is 17.6 Å². The fourth-order valence-electron chi connectivity index (χ4n) is 4.34. The molecule has 0 bridgehead atoms. The van der Waals surface area contributed by atoms with Gasteiger partial charge in [-0.3, -0.25) is 0 Å². The van der Waals surface area contributed by atoms with Crippen LogP contribution >= 0.6 is 0 Å². The summed E-state index contributed by atoms with van der Waals surface area (Å²) in [5.41, 5.74) is 2.06. The number of piperidine rings is 1. The zero-order valence-corrected chi connectivity index (χ0v) is 14.6. The number of hydrogen-bond donors (Lipinski definition) is 1. The van der Waals surface area contributed by atoms with Crippen molar-refractivity contribution in [3.05, 3.63) is 17.6 Å². The third-order valence-electron chi connectivity index (χ3n) is 5.98. The first kappa shape index (κ1) is 15.8. The summed E-state index contributed by atoms with van der Waals surface area (Å²) in [5, 5.41) is 14.7. The molecule has 7 nitrogen and oxygen atoms in total. The Morgan fingerprint density at radius 3 is 2.75 bits per heavy atom. The van der Waals surface area contributed by atoms with Crippen LogP contribution in [0.15, 0.2) is 6.33 Å². The summed E-state index contributed by atoms with van der Waals surface area (Å²) in [4.78, 5) is 11.1. The highest BCUT2D eigenvalue weighted by atomic mass is 16.5. The Bertz CT molecular complexity index is 749. The minimum Gasteiger partial charge on any atom is -0.392 e. The molecule has 24 heavy (non-hydrogen) atoms. The van der Waals surface area contributed by atoms with Gasteiger partial charge in [0.25, 0.3) is 5.78 Å². The van der Waals surface area contributed by atoms with E-state index in [0.717, 1.165) is 49.4 Å². The second-order valence-electron chi connectivity index (χ2n) is 7.03. The van der Waals surface area contributed by atoms with Gasteiger partial charge in [0.15, 0.2) is 0 Å². The number of aliphatic hydroxyl groups is 1. The van der Waals surface area contributed by atoms with E-state index in [4.69, 9.17) is 4.74 Å². The van der Waals surface area contributed by atoms with E-state index >= 15 is 0 Å². The van der Waals surface area contributed by atoms with Crippen molar-refractivity contribution in [3.8, 4) is 0 Å². The van der Waals surface area contributed by atoms with Crippen LogP contribution in [-0.4, -0.2) is 56.6 Å². The highest BCUT2D eigenvalue weighted by Crippen LogP contribution is 2.51. The maximum absolute atomic E-state index is 10.4. The fraction of sp³-hybridized carbons (Fsp3) is 0.706. The number of fused-ring (bicyclic) bond motifs is 1. The highest BCUT2D eigenvalue weighted by molar-refractivity contribution is 5.54. The molecule has 7 heteroatoms. The molecule has 2 fully saturated rings. The number of anilines is 1. The van der Waals surface area contributed by atoms with E-state index < -0.39 is 0 Å². The average Bonchev–Trinajstić information content (AvgIpc) is 3.04. The minimum atomic E-state index is -0.233. The smallest absolute Gasteiger partial charge is 0.254 e. The number of rotatable bonds is 3. The van der Waals surface area contributed by atoms with E-state index in [2.05, 4.69) is 26.9 Å². The van der Waals surface area contributed by atoms with Crippen LogP contribution in [0.4, 0.5) is 5.82 Å². The third-order valence-corrected chi connectivity index (χ3v) is 5.98. The van der Waals surface area contributed by atoms with Gasteiger partial charge in [0.05, 0.1) is 12.2 Å². The summed E-state index contributed by atoms with van der Waals surface area (Å²) >= 11 is 0. The van der Waals surface area contributed by atoms with Crippen LogP contribution in [0.5, 0.6) is 0 Å². The molecule has 3 heterocycles. The van der Waals surface area contributed by atoms with Gasteiger partial charge in [0, 0.05) is 42.8 Å². The van der Waals surface area contributed by atoms with Gasteiger partial charge < -0.3 is 14.7 Å². The predicted octanol–water partition coefficient (Wildman–Crippen LogP) is 1.50. The topological polar surface area (TPSA) is 75.8 Å². The first-order valence-electron chi connectivity index (χ1n) is 8.78. The Labute approximate surface area is 141 Å². The summed E-state index contributed by atoms with van der Waals surface area (Å²) in [6.45, 7) is 8.62. The van der Waals surface area contributed by atoms with E-state index in [1.54, 1.807) is 6.33 Å². The van der Waals surface area contributed by atoms with Crippen molar-refractivity contribution in [2.45, 2.75) is 52.2 Å². The van der Waals surface area contributed by atoms with E-state index in [1.165, 1.54) is 0 Å². The molecule has 0 radical (unpaired) electrons. The van der Waals surface area contributed by atoms with Gasteiger partial charge in [-0.1, -0.05) is 0 Å². The molecule has 1 saturated carbocycles. The predicted molar refractivity (Wildman–Crippen MR) is 90.2 cm³/mol. The van der Waals surface area contributed by atoms with Gasteiger partial charge in [-0.15, -0.1) is 0 Å². The molecular weight excluding hydrogens is 306 g/mol. The first-order chi connectivity index (χ1) is 11.6. The highest BCUT2D eigenvalue weighted by Gasteiger charge is 2.56. The number of nitrogens with zero attached hydrogens (tertiary/aromatic N) is 5. The number of aliphatic hydroxyl groups excluding tert-OH is 1. The molecule has 1 aliphatic heterocycles. The van der Waals surface area contributed by atoms with Crippen LogP contribution in [0.2, 0.25) is 0 Å². The van der Waals surface area contributed by atoms with Crippen LogP contribution in [0.3, 0.4) is 0 Å². The molecule has 4 rings (SSSR count). The molecule has 0 aromatic carbocycles. The van der Waals surface area contributed by atoms with Crippen molar-refractivity contribution in [2.75, 3.05) is 24.6 Å². The zero-order chi connectivity index (χ0) is 16.9. The number of ether oxygens (including phenoxy) is 1. The first-order valence-corrected chi connectivity index (χ1v) is 8.78. The molecule has 1 saturated heterocycles. The van der Waals surface area contributed by atoms with Crippen LogP contribution in [0.1, 0.15) is 37.4 Å². The lowest BCUT2D eigenvalue weighted by Gasteiger charge is -2.56. The van der Waals surface area contributed by atoms with Gasteiger partial charge in [0.1, 0.15) is 12.1 Å². The summed E-state index contributed by atoms with van der Waals surface area (Å²) in [5.74, 6) is 1.72. The van der Waals surface area contributed by atoms with Gasteiger partial charge in [-0.25, -0.2) is 4.98 Å². The molecule has 2 atom stereocenters. The van der Waals surface area contributed by atoms with Crippen molar-refractivity contribution in [2.24, 2.45) is 5.41 Å². The normalized spacial score (nSPS) is 26.1.